The maximum absolute atomic E-state index is 5.43. The predicted molar refractivity (Wildman–Crippen MR) is 58.0 cm³/mol. The molecule has 2 nitrogen and oxygen atoms in total. The molecule has 0 amide bonds. The topological polar surface area (TPSA) is 21.3 Å². The Morgan fingerprint density at radius 3 is 2.23 bits per heavy atom. The largest absolute Gasteiger partial charge is 0.377 e. The minimum absolute atomic E-state index is 0.356. The van der Waals surface area contributed by atoms with E-state index < -0.39 is 0 Å². The second kappa shape index (κ2) is 8.52. The van der Waals surface area contributed by atoms with Gasteiger partial charge in [0.25, 0.3) is 0 Å². The lowest BCUT2D eigenvalue weighted by atomic mass is 10.0. The zero-order chi connectivity index (χ0) is 10.1. The summed E-state index contributed by atoms with van der Waals surface area (Å²) in [5.74, 6) is 0.832. The lowest BCUT2D eigenvalue weighted by molar-refractivity contribution is 0.0803. The van der Waals surface area contributed by atoms with Crippen LogP contribution in [0.5, 0.6) is 0 Å². The first-order chi connectivity index (χ1) is 6.20. The molecule has 0 unspecified atom stereocenters. The molecule has 0 spiro atoms. The van der Waals surface area contributed by atoms with Crippen molar-refractivity contribution < 1.29 is 4.74 Å². The highest BCUT2D eigenvalue weighted by Crippen LogP contribution is 2.04. The van der Waals surface area contributed by atoms with E-state index in [1.54, 1.807) is 0 Å². The van der Waals surface area contributed by atoms with Crippen molar-refractivity contribution in [2.24, 2.45) is 5.92 Å². The Labute approximate surface area is 83.1 Å². The molecule has 0 aromatic carbocycles. The first-order valence-corrected chi connectivity index (χ1v) is 5.53. The number of nitrogens with one attached hydrogen (secondary N) is 1. The van der Waals surface area contributed by atoms with Gasteiger partial charge in [0, 0.05) is 6.54 Å². The minimum atomic E-state index is 0.356. The Hall–Kier alpha value is -0.0800. The van der Waals surface area contributed by atoms with Crippen molar-refractivity contribution in [2.45, 2.75) is 46.6 Å². The summed E-state index contributed by atoms with van der Waals surface area (Å²) in [6.45, 7) is 11.6. The lowest BCUT2D eigenvalue weighted by Crippen LogP contribution is -2.26. The van der Waals surface area contributed by atoms with Crippen LogP contribution in [0.3, 0.4) is 0 Å². The molecule has 0 rings (SSSR count). The van der Waals surface area contributed by atoms with Crippen LogP contribution >= 0.6 is 0 Å². The second-order valence-electron chi connectivity index (χ2n) is 3.81. The van der Waals surface area contributed by atoms with Gasteiger partial charge < -0.3 is 10.1 Å². The summed E-state index contributed by atoms with van der Waals surface area (Å²) < 4.78 is 5.43. The van der Waals surface area contributed by atoms with Crippen molar-refractivity contribution in [1.82, 2.24) is 5.32 Å². The fourth-order valence-corrected chi connectivity index (χ4v) is 1.25. The molecule has 0 bridgehead atoms. The molecular formula is C11H25NO. The summed E-state index contributed by atoms with van der Waals surface area (Å²) in [7, 11) is 0. The number of rotatable bonds is 8. The molecule has 0 aliphatic carbocycles. The van der Waals surface area contributed by atoms with E-state index in [2.05, 4.69) is 33.0 Å². The van der Waals surface area contributed by atoms with E-state index in [9.17, 15) is 0 Å². The number of ether oxygens (including phenoxy) is 1. The third kappa shape index (κ3) is 8.26. The third-order valence-electron chi connectivity index (χ3n) is 2.32. The highest BCUT2D eigenvalue weighted by atomic mass is 16.5. The van der Waals surface area contributed by atoms with Crippen molar-refractivity contribution in [1.29, 1.82) is 0 Å². The smallest absolute Gasteiger partial charge is 0.0594 e. The van der Waals surface area contributed by atoms with E-state index in [1.807, 2.05) is 0 Å². The standard InChI is InChI=1S/C11H25NO/c1-5-11(6-2)9-12-7-8-13-10(3)4/h10-12H,5-9H2,1-4H3. The Morgan fingerprint density at radius 1 is 1.15 bits per heavy atom. The molecule has 0 radical (unpaired) electrons. The zero-order valence-corrected chi connectivity index (χ0v) is 9.60. The van der Waals surface area contributed by atoms with Gasteiger partial charge in [0.15, 0.2) is 0 Å². The van der Waals surface area contributed by atoms with Crippen molar-refractivity contribution in [3.05, 3.63) is 0 Å². The minimum Gasteiger partial charge on any atom is -0.377 e. The third-order valence-corrected chi connectivity index (χ3v) is 2.32. The van der Waals surface area contributed by atoms with E-state index in [0.717, 1.165) is 25.6 Å². The monoisotopic (exact) mass is 187 g/mol. The van der Waals surface area contributed by atoms with Crippen LogP contribution in [-0.4, -0.2) is 25.8 Å². The van der Waals surface area contributed by atoms with Crippen molar-refractivity contribution in [3.63, 3.8) is 0 Å². The van der Waals surface area contributed by atoms with Gasteiger partial charge in [0.1, 0.15) is 0 Å². The van der Waals surface area contributed by atoms with Gasteiger partial charge in [-0.05, 0) is 26.3 Å². The van der Waals surface area contributed by atoms with Crippen LogP contribution in [0, 0.1) is 5.92 Å². The Kier molecular flexibility index (Phi) is 8.46. The van der Waals surface area contributed by atoms with Gasteiger partial charge in [-0.1, -0.05) is 26.7 Å². The van der Waals surface area contributed by atoms with Crippen LogP contribution < -0.4 is 5.32 Å². The average Bonchev–Trinajstić information content (AvgIpc) is 2.11. The maximum atomic E-state index is 5.43. The molecule has 80 valence electrons. The Bertz CT molecular complexity index is 100. The summed E-state index contributed by atoms with van der Waals surface area (Å²) in [6.07, 6.45) is 2.90. The van der Waals surface area contributed by atoms with Crippen LogP contribution in [0.4, 0.5) is 0 Å². The summed E-state index contributed by atoms with van der Waals surface area (Å²) in [5, 5.41) is 3.42. The second-order valence-corrected chi connectivity index (χ2v) is 3.81. The van der Waals surface area contributed by atoms with E-state index in [0.29, 0.717) is 6.10 Å². The quantitative estimate of drug-likeness (QED) is 0.589. The van der Waals surface area contributed by atoms with E-state index in [1.165, 1.54) is 12.8 Å². The van der Waals surface area contributed by atoms with Crippen LogP contribution in [0.15, 0.2) is 0 Å². The SMILES string of the molecule is CCC(CC)CNCCOC(C)C. The summed E-state index contributed by atoms with van der Waals surface area (Å²) in [5.41, 5.74) is 0. The van der Waals surface area contributed by atoms with Crippen molar-refractivity contribution in [2.75, 3.05) is 19.7 Å². The van der Waals surface area contributed by atoms with Gasteiger partial charge in [-0.3, -0.25) is 0 Å². The van der Waals surface area contributed by atoms with Crippen LogP contribution in [0.25, 0.3) is 0 Å². The lowest BCUT2D eigenvalue weighted by Gasteiger charge is -2.13. The maximum Gasteiger partial charge on any atom is 0.0594 e. The highest BCUT2D eigenvalue weighted by Gasteiger charge is 2.01. The van der Waals surface area contributed by atoms with E-state index >= 15 is 0 Å². The zero-order valence-electron chi connectivity index (χ0n) is 9.60. The first kappa shape index (κ1) is 12.9. The fourth-order valence-electron chi connectivity index (χ4n) is 1.25. The van der Waals surface area contributed by atoms with Gasteiger partial charge in [-0.15, -0.1) is 0 Å². The average molecular weight is 187 g/mol. The van der Waals surface area contributed by atoms with Gasteiger partial charge in [-0.25, -0.2) is 0 Å². The van der Waals surface area contributed by atoms with Crippen molar-refractivity contribution in [3.8, 4) is 0 Å². The van der Waals surface area contributed by atoms with Crippen LogP contribution in [0.1, 0.15) is 40.5 Å². The van der Waals surface area contributed by atoms with Gasteiger partial charge >= 0.3 is 0 Å². The van der Waals surface area contributed by atoms with E-state index in [4.69, 9.17) is 4.74 Å². The molecule has 0 heterocycles. The fraction of sp³-hybridized carbons (Fsp3) is 1.00. The normalized spacial score (nSPS) is 11.5. The molecule has 0 aromatic heterocycles. The van der Waals surface area contributed by atoms with Gasteiger partial charge in [0.2, 0.25) is 0 Å². The molecule has 0 aliphatic heterocycles. The van der Waals surface area contributed by atoms with Gasteiger partial charge in [-0.2, -0.15) is 0 Å². The van der Waals surface area contributed by atoms with Crippen molar-refractivity contribution >= 4 is 0 Å². The summed E-state index contributed by atoms with van der Waals surface area (Å²) in [6, 6.07) is 0. The summed E-state index contributed by atoms with van der Waals surface area (Å²) in [4.78, 5) is 0. The van der Waals surface area contributed by atoms with Crippen LogP contribution in [0.2, 0.25) is 0 Å². The molecule has 2 heteroatoms. The Balaban J connectivity index is 3.14. The molecule has 0 aromatic rings. The predicted octanol–water partition coefficient (Wildman–Crippen LogP) is 2.44. The number of hydrogen-bond acceptors (Lipinski definition) is 2. The molecular weight excluding hydrogens is 162 g/mol. The number of hydrogen-bond donors (Lipinski definition) is 1. The molecule has 0 saturated heterocycles. The highest BCUT2D eigenvalue weighted by molar-refractivity contribution is 4.58. The van der Waals surface area contributed by atoms with E-state index in [-0.39, 0.29) is 0 Å². The summed E-state index contributed by atoms with van der Waals surface area (Å²) >= 11 is 0. The molecule has 0 atom stereocenters. The Morgan fingerprint density at radius 2 is 1.77 bits per heavy atom. The first-order valence-electron chi connectivity index (χ1n) is 5.53. The molecule has 1 N–H and O–H groups in total. The molecule has 0 saturated carbocycles. The molecule has 0 fully saturated rings. The van der Waals surface area contributed by atoms with Gasteiger partial charge in [0.05, 0.1) is 12.7 Å². The molecule has 13 heavy (non-hydrogen) atoms. The van der Waals surface area contributed by atoms with Crippen LogP contribution in [-0.2, 0) is 4.74 Å². The molecule has 0 aliphatic rings.